The van der Waals surface area contributed by atoms with Crippen LogP contribution in [-0.2, 0) is 0 Å². The number of nitrogens with zero attached hydrogens (tertiary/aromatic N) is 2. The molecule has 4 aromatic rings. The monoisotopic (exact) mass is 333 g/mol. The third-order valence-corrected chi connectivity index (χ3v) is 4.38. The van der Waals surface area contributed by atoms with E-state index in [0.29, 0.717) is 0 Å². The molecule has 4 rings (SSSR count). The van der Waals surface area contributed by atoms with Crippen molar-refractivity contribution in [2.45, 2.75) is 13.8 Å². The fourth-order valence-electron chi connectivity index (χ4n) is 3.05. The first-order chi connectivity index (χ1) is 11.6. The third-order valence-electron chi connectivity index (χ3n) is 4.13. The molecule has 0 aliphatic rings. The molecular weight excluding hydrogens is 318 g/mol. The molecule has 0 radical (unpaired) electrons. The minimum absolute atomic E-state index is 0.724. The van der Waals surface area contributed by atoms with Crippen LogP contribution in [0, 0.1) is 13.8 Å². The number of hydrogen-bond donors (Lipinski definition) is 1. The van der Waals surface area contributed by atoms with Gasteiger partial charge < -0.3 is 4.98 Å². The zero-order valence-electron chi connectivity index (χ0n) is 13.5. The highest BCUT2D eigenvalue weighted by molar-refractivity contribution is 6.30. The normalized spacial score (nSPS) is 11.1. The Morgan fingerprint density at radius 3 is 2.25 bits per heavy atom. The standard InChI is InChI=1S/C20H16ClN3/c1-12-17-18(14-6-4-3-5-7-14)23-13(2)24-20(17)19(22-12)15-8-10-16(21)11-9-15/h3-11,22H,1-2H3. The highest BCUT2D eigenvalue weighted by atomic mass is 35.5. The lowest BCUT2D eigenvalue weighted by molar-refractivity contribution is 1.10. The van der Waals surface area contributed by atoms with E-state index in [0.717, 1.165) is 50.0 Å². The molecule has 2 aromatic heterocycles. The molecule has 0 amide bonds. The first-order valence-corrected chi connectivity index (χ1v) is 8.19. The van der Waals surface area contributed by atoms with Gasteiger partial charge in [0, 0.05) is 27.2 Å². The average molecular weight is 334 g/mol. The Hall–Kier alpha value is -2.65. The van der Waals surface area contributed by atoms with Gasteiger partial charge in [-0.1, -0.05) is 54.1 Å². The Morgan fingerprint density at radius 1 is 0.833 bits per heavy atom. The second kappa shape index (κ2) is 5.77. The molecule has 2 heterocycles. The molecule has 3 nitrogen and oxygen atoms in total. The summed E-state index contributed by atoms with van der Waals surface area (Å²) in [5, 5.41) is 1.79. The summed E-state index contributed by atoms with van der Waals surface area (Å²) in [4.78, 5) is 12.9. The molecule has 0 bridgehead atoms. The van der Waals surface area contributed by atoms with E-state index in [1.165, 1.54) is 0 Å². The predicted octanol–water partition coefficient (Wildman–Crippen LogP) is 5.56. The minimum atomic E-state index is 0.724. The van der Waals surface area contributed by atoms with Crippen LogP contribution >= 0.6 is 11.6 Å². The molecule has 0 unspecified atom stereocenters. The van der Waals surface area contributed by atoms with Crippen molar-refractivity contribution >= 4 is 22.5 Å². The van der Waals surface area contributed by atoms with Crippen molar-refractivity contribution in [2.75, 3.05) is 0 Å². The summed E-state index contributed by atoms with van der Waals surface area (Å²) in [5.74, 6) is 0.760. The Labute approximate surface area is 145 Å². The molecule has 0 atom stereocenters. The van der Waals surface area contributed by atoms with Gasteiger partial charge >= 0.3 is 0 Å². The lowest BCUT2D eigenvalue weighted by Gasteiger charge is -2.06. The maximum absolute atomic E-state index is 6.02. The molecule has 4 heteroatoms. The van der Waals surface area contributed by atoms with E-state index in [1.807, 2.05) is 49.4 Å². The summed E-state index contributed by atoms with van der Waals surface area (Å²) in [6.45, 7) is 3.99. The van der Waals surface area contributed by atoms with Gasteiger partial charge in [-0.2, -0.15) is 0 Å². The third kappa shape index (κ3) is 2.47. The van der Waals surface area contributed by atoms with Crippen molar-refractivity contribution in [3.8, 4) is 22.5 Å². The number of aromatic amines is 1. The summed E-state index contributed by atoms with van der Waals surface area (Å²) < 4.78 is 0. The molecule has 2 aromatic carbocycles. The number of hydrogen-bond acceptors (Lipinski definition) is 2. The first-order valence-electron chi connectivity index (χ1n) is 7.82. The van der Waals surface area contributed by atoms with E-state index >= 15 is 0 Å². The summed E-state index contributed by atoms with van der Waals surface area (Å²) in [6, 6.07) is 18.0. The Morgan fingerprint density at radius 2 is 1.54 bits per heavy atom. The summed E-state index contributed by atoms with van der Waals surface area (Å²) >= 11 is 6.02. The van der Waals surface area contributed by atoms with E-state index in [9.17, 15) is 0 Å². The van der Waals surface area contributed by atoms with E-state index < -0.39 is 0 Å². The molecule has 0 spiro atoms. The van der Waals surface area contributed by atoms with Crippen LogP contribution < -0.4 is 0 Å². The van der Waals surface area contributed by atoms with Crippen LogP contribution in [0.3, 0.4) is 0 Å². The molecule has 1 N–H and O–H groups in total. The lowest BCUT2D eigenvalue weighted by atomic mass is 10.1. The maximum Gasteiger partial charge on any atom is 0.126 e. The van der Waals surface area contributed by atoms with E-state index in [1.54, 1.807) is 0 Å². The van der Waals surface area contributed by atoms with E-state index in [2.05, 4.69) is 24.0 Å². The second-order valence-electron chi connectivity index (χ2n) is 5.84. The number of H-pyrrole nitrogens is 1. The Kier molecular flexibility index (Phi) is 3.58. The summed E-state index contributed by atoms with van der Waals surface area (Å²) in [7, 11) is 0. The maximum atomic E-state index is 6.02. The average Bonchev–Trinajstić information content (AvgIpc) is 2.92. The molecule has 0 aliphatic carbocycles. The quantitative estimate of drug-likeness (QED) is 0.521. The highest BCUT2D eigenvalue weighted by Gasteiger charge is 2.17. The SMILES string of the molecule is Cc1nc(-c2ccccc2)c2c(C)[nH]c(-c3ccc(Cl)cc3)c2n1. The van der Waals surface area contributed by atoms with E-state index in [4.69, 9.17) is 21.6 Å². The van der Waals surface area contributed by atoms with Crippen LogP contribution in [0.1, 0.15) is 11.5 Å². The topological polar surface area (TPSA) is 41.6 Å². The van der Waals surface area contributed by atoms with Gasteiger partial charge in [0.05, 0.1) is 11.4 Å². The molecule has 24 heavy (non-hydrogen) atoms. The van der Waals surface area contributed by atoms with Gasteiger partial charge in [-0.15, -0.1) is 0 Å². The van der Waals surface area contributed by atoms with Gasteiger partial charge in [-0.3, -0.25) is 0 Å². The van der Waals surface area contributed by atoms with Crippen LogP contribution in [0.15, 0.2) is 54.6 Å². The minimum Gasteiger partial charge on any atom is -0.356 e. The Balaban J connectivity index is 2.03. The number of fused-ring (bicyclic) bond motifs is 1. The van der Waals surface area contributed by atoms with Crippen molar-refractivity contribution in [3.63, 3.8) is 0 Å². The van der Waals surface area contributed by atoms with Crippen LogP contribution in [-0.4, -0.2) is 15.0 Å². The summed E-state index contributed by atoms with van der Waals surface area (Å²) in [5.41, 5.74) is 6.14. The fraction of sp³-hybridized carbons (Fsp3) is 0.100. The van der Waals surface area contributed by atoms with Crippen LogP contribution in [0.25, 0.3) is 33.4 Å². The van der Waals surface area contributed by atoms with Gasteiger partial charge in [-0.05, 0) is 26.0 Å². The Bertz CT molecular complexity index is 1020. The lowest BCUT2D eigenvalue weighted by Crippen LogP contribution is -1.93. The van der Waals surface area contributed by atoms with Gasteiger partial charge in [0.1, 0.15) is 11.3 Å². The van der Waals surface area contributed by atoms with Crippen molar-refractivity contribution in [2.24, 2.45) is 0 Å². The number of benzene rings is 2. The number of nitrogens with one attached hydrogen (secondary N) is 1. The summed E-state index contributed by atoms with van der Waals surface area (Å²) in [6.07, 6.45) is 0. The number of aryl methyl sites for hydroxylation is 2. The van der Waals surface area contributed by atoms with Crippen LogP contribution in [0.5, 0.6) is 0 Å². The number of aromatic nitrogens is 3. The molecule has 118 valence electrons. The van der Waals surface area contributed by atoms with Crippen molar-refractivity contribution in [1.82, 2.24) is 15.0 Å². The molecule has 0 saturated heterocycles. The first kappa shape index (κ1) is 14.9. The molecule has 0 aliphatic heterocycles. The van der Waals surface area contributed by atoms with Gasteiger partial charge in [0.25, 0.3) is 0 Å². The van der Waals surface area contributed by atoms with Crippen LogP contribution in [0.2, 0.25) is 5.02 Å². The van der Waals surface area contributed by atoms with Gasteiger partial charge in [-0.25, -0.2) is 9.97 Å². The van der Waals surface area contributed by atoms with Crippen molar-refractivity contribution in [1.29, 1.82) is 0 Å². The van der Waals surface area contributed by atoms with Crippen LogP contribution in [0.4, 0.5) is 0 Å². The van der Waals surface area contributed by atoms with Gasteiger partial charge in [0.15, 0.2) is 0 Å². The zero-order valence-corrected chi connectivity index (χ0v) is 14.2. The second-order valence-corrected chi connectivity index (χ2v) is 6.28. The molecule has 0 fully saturated rings. The number of halogens is 1. The zero-order chi connectivity index (χ0) is 16.7. The number of rotatable bonds is 2. The van der Waals surface area contributed by atoms with E-state index in [-0.39, 0.29) is 0 Å². The molecular formula is C20H16ClN3. The fourth-order valence-corrected chi connectivity index (χ4v) is 3.17. The predicted molar refractivity (Wildman–Crippen MR) is 99.2 cm³/mol. The highest BCUT2D eigenvalue weighted by Crippen LogP contribution is 2.35. The van der Waals surface area contributed by atoms with Gasteiger partial charge in [0.2, 0.25) is 0 Å². The smallest absolute Gasteiger partial charge is 0.126 e. The van der Waals surface area contributed by atoms with Crippen molar-refractivity contribution < 1.29 is 0 Å². The largest absolute Gasteiger partial charge is 0.356 e. The molecule has 0 saturated carbocycles. The van der Waals surface area contributed by atoms with Crippen molar-refractivity contribution in [3.05, 3.63) is 71.1 Å².